The molecule has 6 heteroatoms. The second-order valence-corrected chi connectivity index (χ2v) is 7.20. The summed E-state index contributed by atoms with van der Waals surface area (Å²) in [6.45, 7) is 5.90. The van der Waals surface area contributed by atoms with Crippen molar-refractivity contribution in [3.63, 3.8) is 0 Å². The first-order chi connectivity index (χ1) is 8.80. The Labute approximate surface area is 121 Å². The van der Waals surface area contributed by atoms with Crippen LogP contribution in [0.25, 0.3) is 0 Å². The Hall–Kier alpha value is -0.780. The lowest BCUT2D eigenvalue weighted by Crippen LogP contribution is -2.25. The molecule has 0 fully saturated rings. The lowest BCUT2D eigenvalue weighted by atomic mass is 10.3. The molecule has 0 aliphatic rings. The van der Waals surface area contributed by atoms with E-state index in [9.17, 15) is 8.94 Å². The molecule has 1 atom stereocenters. The lowest BCUT2D eigenvalue weighted by molar-refractivity contribution is 0.328. The first kappa shape index (κ1) is 16.3. The van der Waals surface area contributed by atoms with Crippen molar-refractivity contribution in [3.8, 4) is 5.75 Å². The summed E-state index contributed by atoms with van der Waals surface area (Å²) in [7, 11) is 0. The molecule has 0 bridgehead atoms. The normalized spacial score (nSPS) is 13.8. The number of halogens is 2. The Morgan fingerprint density at radius 2 is 2.16 bits per heavy atom. The Bertz CT molecular complexity index is 449. The molecule has 1 unspecified atom stereocenters. The van der Waals surface area contributed by atoms with Gasteiger partial charge in [0.05, 0.1) is 17.8 Å². The van der Waals surface area contributed by atoms with Crippen molar-refractivity contribution in [2.45, 2.75) is 31.9 Å². The van der Waals surface area contributed by atoms with Crippen molar-refractivity contribution >= 4 is 29.2 Å². The van der Waals surface area contributed by atoms with Gasteiger partial charge in [-0.25, -0.2) is 4.39 Å². The maximum absolute atomic E-state index is 13.1. The third kappa shape index (κ3) is 5.80. The molecule has 0 radical (unpaired) electrons. The summed E-state index contributed by atoms with van der Waals surface area (Å²) in [5.74, 6) is -0.103. The maximum atomic E-state index is 13.1. The van der Waals surface area contributed by atoms with Gasteiger partial charge < -0.3 is 9.29 Å². The quantitative estimate of drug-likeness (QED) is 0.472. The highest BCUT2D eigenvalue weighted by atomic mass is 35.5. The Balaban J connectivity index is 2.35. The van der Waals surface area contributed by atoms with Crippen molar-refractivity contribution in [1.29, 1.82) is 0 Å². The van der Waals surface area contributed by atoms with E-state index in [4.69, 9.17) is 16.3 Å². The zero-order valence-electron chi connectivity index (χ0n) is 11.2. The van der Waals surface area contributed by atoms with Gasteiger partial charge in [0.2, 0.25) is 0 Å². The number of rotatable bonds is 5. The second-order valence-electron chi connectivity index (χ2n) is 4.86. The molecule has 1 rings (SSSR count). The van der Waals surface area contributed by atoms with E-state index in [-0.39, 0.29) is 9.77 Å². The number of ether oxygens (including phenoxy) is 1. The summed E-state index contributed by atoms with van der Waals surface area (Å²) in [5, 5.41) is 0.0643. The third-order valence-corrected chi connectivity index (χ3v) is 3.80. The van der Waals surface area contributed by atoms with E-state index in [2.05, 4.69) is 4.40 Å². The monoisotopic (exact) mass is 305 g/mol. The highest BCUT2D eigenvalue weighted by Gasteiger charge is 2.25. The van der Waals surface area contributed by atoms with Gasteiger partial charge in [0.15, 0.2) is 0 Å². The van der Waals surface area contributed by atoms with Crippen LogP contribution in [-0.4, -0.2) is 22.1 Å². The predicted octanol–water partition coefficient (Wildman–Crippen LogP) is 3.78. The standard InChI is InChI=1S/C13H17ClFNO2S/c1-13(2,3)19(17)16-7-4-8-18-10-5-6-11(14)12(15)9-10/h5-7,9H,4,8H2,1-3H3. The smallest absolute Gasteiger partial charge is 0.145 e. The van der Waals surface area contributed by atoms with Crippen molar-refractivity contribution in [2.24, 2.45) is 4.40 Å². The molecule has 0 saturated heterocycles. The van der Waals surface area contributed by atoms with Crippen LogP contribution in [0.2, 0.25) is 5.02 Å². The van der Waals surface area contributed by atoms with Crippen molar-refractivity contribution in [1.82, 2.24) is 0 Å². The van der Waals surface area contributed by atoms with Crippen LogP contribution in [-0.2, 0) is 11.4 Å². The fourth-order valence-corrected chi connectivity index (χ4v) is 1.75. The molecule has 0 N–H and O–H groups in total. The molecule has 0 heterocycles. The van der Waals surface area contributed by atoms with Crippen LogP contribution >= 0.6 is 11.6 Å². The van der Waals surface area contributed by atoms with Gasteiger partial charge >= 0.3 is 0 Å². The molecule has 1 aromatic carbocycles. The Kier molecular flexibility index (Phi) is 6.10. The van der Waals surface area contributed by atoms with Crippen LogP contribution in [0.1, 0.15) is 27.2 Å². The molecule has 0 saturated carbocycles. The zero-order chi connectivity index (χ0) is 14.5. The lowest BCUT2D eigenvalue weighted by Gasteiger charge is -2.17. The van der Waals surface area contributed by atoms with Gasteiger partial charge in [-0.15, -0.1) is 0 Å². The van der Waals surface area contributed by atoms with Gasteiger partial charge in [0, 0.05) is 12.5 Å². The van der Waals surface area contributed by atoms with Crippen LogP contribution in [0.5, 0.6) is 5.75 Å². The molecule has 0 aliphatic heterocycles. The summed E-state index contributed by atoms with van der Waals surface area (Å²) in [5.41, 5.74) is 0. The van der Waals surface area contributed by atoms with Crippen LogP contribution in [0.15, 0.2) is 22.6 Å². The minimum absolute atomic E-state index is 0.0643. The minimum Gasteiger partial charge on any atom is -0.591 e. The highest BCUT2D eigenvalue weighted by Crippen LogP contribution is 2.20. The molecule has 106 valence electrons. The van der Waals surface area contributed by atoms with E-state index in [0.717, 1.165) is 0 Å². The molecule has 0 spiro atoms. The summed E-state index contributed by atoms with van der Waals surface area (Å²) in [6.07, 6.45) is 2.07. The fourth-order valence-electron chi connectivity index (χ4n) is 1.07. The van der Waals surface area contributed by atoms with Gasteiger partial charge in [0.1, 0.15) is 27.7 Å². The molecule has 3 nitrogen and oxygen atoms in total. The predicted molar refractivity (Wildman–Crippen MR) is 77.9 cm³/mol. The first-order valence-corrected chi connectivity index (χ1v) is 7.31. The summed E-state index contributed by atoms with van der Waals surface area (Å²) in [6, 6.07) is 4.26. The fraction of sp³-hybridized carbons (Fsp3) is 0.462. The first-order valence-electron chi connectivity index (χ1n) is 5.83. The summed E-state index contributed by atoms with van der Waals surface area (Å²) < 4.78 is 33.6. The Morgan fingerprint density at radius 3 is 2.74 bits per heavy atom. The molecule has 1 aromatic rings. The van der Waals surface area contributed by atoms with Crippen LogP contribution < -0.4 is 4.74 Å². The van der Waals surface area contributed by atoms with Gasteiger partial charge in [0.25, 0.3) is 0 Å². The molecule has 0 aliphatic carbocycles. The average Bonchev–Trinajstić information content (AvgIpc) is 2.31. The number of benzene rings is 1. The zero-order valence-corrected chi connectivity index (χ0v) is 12.7. The molecule has 0 amide bonds. The third-order valence-electron chi connectivity index (χ3n) is 2.10. The number of hydrogen-bond acceptors (Lipinski definition) is 3. The van der Waals surface area contributed by atoms with Crippen molar-refractivity contribution in [2.75, 3.05) is 6.61 Å². The van der Waals surface area contributed by atoms with E-state index in [1.165, 1.54) is 12.1 Å². The van der Waals surface area contributed by atoms with Crippen molar-refractivity contribution < 1.29 is 13.7 Å². The Morgan fingerprint density at radius 1 is 1.47 bits per heavy atom. The van der Waals surface area contributed by atoms with Crippen LogP contribution in [0, 0.1) is 5.82 Å². The largest absolute Gasteiger partial charge is 0.591 e. The van der Waals surface area contributed by atoms with E-state index in [1.807, 2.05) is 20.8 Å². The van der Waals surface area contributed by atoms with Gasteiger partial charge in [-0.05, 0) is 32.9 Å². The van der Waals surface area contributed by atoms with Crippen LogP contribution in [0.4, 0.5) is 4.39 Å². The van der Waals surface area contributed by atoms with E-state index in [1.54, 1.807) is 12.3 Å². The molecule has 0 aromatic heterocycles. The highest BCUT2D eigenvalue weighted by molar-refractivity contribution is 7.91. The van der Waals surface area contributed by atoms with Gasteiger partial charge in [-0.2, -0.15) is 0 Å². The summed E-state index contributed by atoms with van der Waals surface area (Å²) in [4.78, 5) is 0. The number of nitrogens with zero attached hydrogens (tertiary/aromatic N) is 1. The minimum atomic E-state index is -1.26. The van der Waals surface area contributed by atoms with Gasteiger partial charge in [-0.3, -0.25) is 0 Å². The topological polar surface area (TPSA) is 44.7 Å². The van der Waals surface area contributed by atoms with E-state index < -0.39 is 17.2 Å². The number of hydrogen-bond donors (Lipinski definition) is 0. The van der Waals surface area contributed by atoms with Crippen molar-refractivity contribution in [3.05, 3.63) is 29.0 Å². The second kappa shape index (κ2) is 7.12. The van der Waals surface area contributed by atoms with Gasteiger partial charge in [-0.1, -0.05) is 16.0 Å². The molecule has 19 heavy (non-hydrogen) atoms. The van der Waals surface area contributed by atoms with E-state index in [0.29, 0.717) is 18.8 Å². The molecular weight excluding hydrogens is 289 g/mol. The van der Waals surface area contributed by atoms with E-state index >= 15 is 0 Å². The molecular formula is C13H17ClFNO2S. The average molecular weight is 306 g/mol. The van der Waals surface area contributed by atoms with Crippen LogP contribution in [0.3, 0.4) is 0 Å². The maximum Gasteiger partial charge on any atom is 0.145 e. The SMILES string of the molecule is CC(C)(C)[S+]([O-])N=CCCOc1ccc(Cl)c(F)c1. The summed E-state index contributed by atoms with van der Waals surface area (Å²) >= 11 is 4.30.